The normalized spacial score (nSPS) is 14.7. The molecule has 1 aromatic heterocycles. The molecule has 0 bridgehead atoms. The van der Waals surface area contributed by atoms with Gasteiger partial charge < -0.3 is 9.43 Å². The lowest BCUT2D eigenvalue weighted by molar-refractivity contribution is 0.435. The molecule has 0 radical (unpaired) electrons. The molecule has 0 saturated heterocycles. The van der Waals surface area contributed by atoms with E-state index < -0.39 is 18.9 Å². The summed E-state index contributed by atoms with van der Waals surface area (Å²) in [6.07, 6.45) is 1.67. The Balaban J connectivity index is 3.07. The van der Waals surface area contributed by atoms with E-state index in [1.54, 1.807) is 11.3 Å². The summed E-state index contributed by atoms with van der Waals surface area (Å²) in [5.41, 5.74) is 0.741. The molecular formula is C12H22N2O2SSi. The number of rotatable bonds is 5. The Morgan fingerprint density at radius 2 is 2.00 bits per heavy atom. The minimum atomic E-state index is -1.45. The van der Waals surface area contributed by atoms with Gasteiger partial charge in [0.05, 0.1) is 11.1 Å². The lowest BCUT2D eigenvalue weighted by atomic mass is 10.3. The molecule has 0 fully saturated rings. The third kappa shape index (κ3) is 4.42. The molecule has 102 valence electrons. The average molecular weight is 286 g/mol. The topological polar surface area (TPSA) is 45.8 Å². The third-order valence-electron chi connectivity index (χ3n) is 2.29. The highest BCUT2D eigenvalue weighted by Gasteiger charge is 2.22. The first-order valence-corrected chi connectivity index (χ1v) is 11.1. The molecule has 0 spiro atoms. The maximum Gasteiger partial charge on any atom is 0.150 e. The predicted octanol–water partition coefficient (Wildman–Crippen LogP) is 1.47. The summed E-state index contributed by atoms with van der Waals surface area (Å²) >= 11 is 0. The van der Waals surface area contributed by atoms with Crippen molar-refractivity contribution >= 4 is 30.0 Å². The Hall–Kier alpha value is -0.883. The smallest absolute Gasteiger partial charge is 0.150 e. The monoisotopic (exact) mass is 286 g/mol. The van der Waals surface area contributed by atoms with Gasteiger partial charge in [0.15, 0.2) is 5.76 Å². The summed E-state index contributed by atoms with van der Waals surface area (Å²) in [7, 11) is 1.32. The lowest BCUT2D eigenvalue weighted by Crippen LogP contribution is -2.36. The van der Waals surface area contributed by atoms with Crippen LogP contribution in [0.1, 0.15) is 5.76 Å². The van der Waals surface area contributed by atoms with Crippen molar-refractivity contribution in [1.82, 2.24) is 5.01 Å². The minimum Gasteiger partial charge on any atom is -0.465 e. The molecule has 0 aliphatic heterocycles. The predicted molar refractivity (Wildman–Crippen MR) is 80.8 cm³/mol. The maximum atomic E-state index is 11.4. The van der Waals surface area contributed by atoms with Gasteiger partial charge in [-0.15, -0.1) is 0 Å². The Kier molecular flexibility index (Phi) is 4.92. The molecule has 0 saturated carbocycles. The Bertz CT molecular complexity index is 461. The fourth-order valence-corrected chi connectivity index (χ4v) is 3.06. The number of hydrogen-bond donors (Lipinski definition) is 0. The number of furan rings is 1. The van der Waals surface area contributed by atoms with Crippen LogP contribution in [0.25, 0.3) is 0 Å². The highest BCUT2D eigenvalue weighted by molar-refractivity contribution is 7.85. The Morgan fingerprint density at radius 3 is 2.39 bits per heavy atom. The summed E-state index contributed by atoms with van der Waals surface area (Å²) < 4.78 is 17.3. The maximum absolute atomic E-state index is 11.4. The van der Waals surface area contributed by atoms with Gasteiger partial charge >= 0.3 is 0 Å². The summed E-state index contributed by atoms with van der Waals surface area (Å²) in [6, 6.07) is 3.95. The van der Waals surface area contributed by atoms with Crippen molar-refractivity contribution in [2.24, 2.45) is 5.10 Å². The van der Waals surface area contributed by atoms with E-state index in [0.717, 1.165) is 16.9 Å². The van der Waals surface area contributed by atoms with Gasteiger partial charge in [0.25, 0.3) is 0 Å². The first-order chi connectivity index (χ1) is 8.20. The van der Waals surface area contributed by atoms with Crippen LogP contribution in [0.3, 0.4) is 0 Å². The third-order valence-corrected chi connectivity index (χ3v) is 4.72. The fraction of sp³-hybridized carbons (Fsp3) is 0.583. The Morgan fingerprint density at radius 1 is 1.39 bits per heavy atom. The number of hydrogen-bond acceptors (Lipinski definition) is 4. The van der Waals surface area contributed by atoms with Crippen LogP contribution in [0.5, 0.6) is 0 Å². The van der Waals surface area contributed by atoms with E-state index in [1.165, 1.54) is 0 Å². The van der Waals surface area contributed by atoms with Gasteiger partial charge in [-0.05, 0) is 12.1 Å². The van der Waals surface area contributed by atoms with Gasteiger partial charge in [0, 0.05) is 31.2 Å². The van der Waals surface area contributed by atoms with Crippen LogP contribution in [0.4, 0.5) is 0 Å². The zero-order valence-corrected chi connectivity index (χ0v) is 13.8. The van der Waals surface area contributed by atoms with Crippen LogP contribution in [-0.4, -0.2) is 49.1 Å². The van der Waals surface area contributed by atoms with Gasteiger partial charge in [-0.25, -0.2) is 0 Å². The molecule has 0 amide bonds. The highest BCUT2D eigenvalue weighted by Crippen LogP contribution is 2.09. The summed E-state index contributed by atoms with van der Waals surface area (Å²) in [5.74, 6) is 1.15. The van der Waals surface area contributed by atoms with Crippen LogP contribution in [0.15, 0.2) is 21.7 Å². The molecule has 0 aliphatic rings. The molecule has 1 heterocycles. The van der Waals surface area contributed by atoms with Gasteiger partial charge in [0.2, 0.25) is 0 Å². The first kappa shape index (κ1) is 15.2. The molecule has 0 aromatic carbocycles. The molecule has 1 atom stereocenters. The summed E-state index contributed by atoms with van der Waals surface area (Å²) in [4.78, 5) is 0. The average Bonchev–Trinajstić information content (AvgIpc) is 2.62. The van der Waals surface area contributed by atoms with Crippen LogP contribution in [0, 0.1) is 0 Å². The van der Waals surface area contributed by atoms with Crippen LogP contribution in [0.2, 0.25) is 19.6 Å². The highest BCUT2D eigenvalue weighted by atomic mass is 32.2. The standard InChI is InChI=1S/C12H22N2O2SSi/c1-14(2)13-10(9-17(3)15)11-7-8-12(16-11)18(4,5)6/h7-8H,9H2,1-6H3/b13-10-/t17-/m0/s1. The van der Waals surface area contributed by atoms with Crippen molar-refractivity contribution in [3.8, 4) is 0 Å². The van der Waals surface area contributed by atoms with E-state index in [0.29, 0.717) is 5.75 Å². The van der Waals surface area contributed by atoms with Crippen molar-refractivity contribution in [2.75, 3.05) is 26.1 Å². The quantitative estimate of drug-likeness (QED) is 0.468. The van der Waals surface area contributed by atoms with Crippen LogP contribution < -0.4 is 5.38 Å². The van der Waals surface area contributed by atoms with Crippen LogP contribution in [-0.2, 0) is 10.8 Å². The molecule has 1 rings (SSSR count). The van der Waals surface area contributed by atoms with Crippen molar-refractivity contribution in [1.29, 1.82) is 0 Å². The SMILES string of the molecule is CN(C)/N=C(/C[S@](C)=O)c1ccc([Si](C)(C)C)o1. The molecule has 6 heteroatoms. The zero-order chi connectivity index (χ0) is 13.9. The second kappa shape index (κ2) is 5.84. The van der Waals surface area contributed by atoms with Gasteiger partial charge in [-0.1, -0.05) is 19.6 Å². The molecule has 0 N–H and O–H groups in total. The van der Waals surface area contributed by atoms with Crippen molar-refractivity contribution < 1.29 is 8.63 Å². The number of hydrazone groups is 1. The van der Waals surface area contributed by atoms with E-state index in [-0.39, 0.29) is 0 Å². The van der Waals surface area contributed by atoms with Crippen molar-refractivity contribution in [3.05, 3.63) is 17.9 Å². The molecule has 0 unspecified atom stereocenters. The second-order valence-corrected chi connectivity index (χ2v) is 12.0. The van der Waals surface area contributed by atoms with Gasteiger partial charge in [-0.3, -0.25) is 4.21 Å². The molecule has 0 aliphatic carbocycles. The van der Waals surface area contributed by atoms with Gasteiger partial charge in [-0.2, -0.15) is 5.10 Å². The summed E-state index contributed by atoms with van der Waals surface area (Å²) in [5, 5.41) is 7.12. The molecule has 18 heavy (non-hydrogen) atoms. The molecular weight excluding hydrogens is 264 g/mol. The van der Waals surface area contributed by atoms with Crippen LogP contribution >= 0.6 is 0 Å². The lowest BCUT2D eigenvalue weighted by Gasteiger charge is -2.12. The van der Waals surface area contributed by atoms with E-state index >= 15 is 0 Å². The van der Waals surface area contributed by atoms with E-state index in [1.807, 2.05) is 26.2 Å². The largest absolute Gasteiger partial charge is 0.465 e. The van der Waals surface area contributed by atoms with E-state index in [4.69, 9.17) is 4.42 Å². The second-order valence-electron chi connectivity index (χ2n) is 5.53. The van der Waals surface area contributed by atoms with E-state index in [9.17, 15) is 4.21 Å². The molecule has 4 nitrogen and oxygen atoms in total. The van der Waals surface area contributed by atoms with Crippen molar-refractivity contribution in [3.63, 3.8) is 0 Å². The number of nitrogens with zero attached hydrogens (tertiary/aromatic N) is 2. The summed E-state index contributed by atoms with van der Waals surface area (Å²) in [6.45, 7) is 6.70. The molecule has 1 aromatic rings. The first-order valence-electron chi connectivity index (χ1n) is 5.85. The van der Waals surface area contributed by atoms with Crippen molar-refractivity contribution in [2.45, 2.75) is 19.6 Å². The Labute approximate surface area is 113 Å². The fourth-order valence-electron chi connectivity index (χ4n) is 1.48. The zero-order valence-electron chi connectivity index (χ0n) is 12.0. The minimum absolute atomic E-state index is 0.414. The van der Waals surface area contributed by atoms with Gasteiger partial charge in [0.1, 0.15) is 13.8 Å². The van der Waals surface area contributed by atoms with E-state index in [2.05, 4.69) is 24.7 Å².